The standard InChI is InChI=1S/C19H20N8.C8H8N2.C8H19N.C7H11N3.C5H4Cl2N2.C2H4O2/c1-11-9-20-19(23-13-5-6-14-16(7-13)22-10-21-14)25-18(11)24-17-8-15(26-27-17)12-3-2-4-12;9-7-1-2-8-6(5-7)3-4-10-8;1-6-9(7(2)3)8(4)5;8-7-4-6(9-10-7)5-2-1-3-5;1-3-2-8-5(7)9-4(3)6;1-2(3)4/h5-10,12H,2-4H2,1H3,(H,21,22)(H3,20,23,24,25,26,27);1-2,4-5H,3,9H2;7-8H,6H2,1-5H3;4-5H,1-3H2,(H3,8,9,10);2H,1H3;1H3,(H,3,4). The van der Waals surface area contributed by atoms with Gasteiger partial charge >= 0.3 is 0 Å². The van der Waals surface area contributed by atoms with Crippen molar-refractivity contribution in [2.75, 3.05) is 28.6 Å². The summed E-state index contributed by atoms with van der Waals surface area (Å²) in [5.41, 5.74) is 21.1. The molecule has 69 heavy (non-hydrogen) atoms. The third-order valence-electron chi connectivity index (χ3n) is 11.4. The summed E-state index contributed by atoms with van der Waals surface area (Å²) >= 11 is 11.0. The summed E-state index contributed by atoms with van der Waals surface area (Å²) in [6.45, 7) is 17.2. The van der Waals surface area contributed by atoms with Gasteiger partial charge in [0, 0.05) is 102 Å². The molecule has 2 fully saturated rings. The van der Waals surface area contributed by atoms with Crippen molar-refractivity contribution in [1.29, 1.82) is 0 Å². The molecule has 18 nitrogen and oxygen atoms in total. The second kappa shape index (κ2) is 26.2. The number of rotatable bonds is 9. The molecule has 2 aromatic carbocycles. The number of aliphatic imine (C=N–C) groups is 1. The van der Waals surface area contributed by atoms with Crippen LogP contribution in [0, 0.1) is 13.8 Å². The van der Waals surface area contributed by atoms with Crippen molar-refractivity contribution in [3.63, 3.8) is 0 Å². The van der Waals surface area contributed by atoms with Crippen LogP contribution in [-0.4, -0.2) is 91.1 Å². The molecule has 0 saturated heterocycles. The van der Waals surface area contributed by atoms with Crippen LogP contribution in [-0.2, 0) is 11.2 Å². The number of halogens is 2. The first kappa shape index (κ1) is 53.3. The Morgan fingerprint density at radius 3 is 2.06 bits per heavy atom. The first-order valence-electron chi connectivity index (χ1n) is 23.2. The lowest BCUT2D eigenvalue weighted by atomic mass is 9.83. The molecule has 1 aliphatic heterocycles. The van der Waals surface area contributed by atoms with Crippen LogP contribution in [0.3, 0.4) is 0 Å². The number of aryl methyl sites for hydroxylation is 2. The summed E-state index contributed by atoms with van der Waals surface area (Å²) in [5, 5.41) is 28.9. The van der Waals surface area contributed by atoms with Crippen LogP contribution in [0.4, 0.5) is 40.5 Å². The number of hydrogen-bond donors (Lipinski definition) is 8. The molecule has 0 bridgehead atoms. The third kappa shape index (κ3) is 16.8. The number of aliphatic carboxylic acids is 1. The number of benzene rings is 2. The molecule has 0 radical (unpaired) electrons. The van der Waals surface area contributed by atoms with Gasteiger partial charge in [0.25, 0.3) is 5.97 Å². The molecule has 10 N–H and O–H groups in total. The lowest BCUT2D eigenvalue weighted by Gasteiger charge is -2.28. The molecule has 0 spiro atoms. The highest BCUT2D eigenvalue weighted by Crippen LogP contribution is 2.37. The molecule has 7 aromatic rings. The molecule has 5 aromatic heterocycles. The number of hydrogen-bond acceptors (Lipinski definition) is 14. The number of anilines is 6. The second-order valence-electron chi connectivity index (χ2n) is 17.4. The van der Waals surface area contributed by atoms with Gasteiger partial charge in [-0.2, -0.15) is 15.2 Å². The van der Waals surface area contributed by atoms with Crippen molar-refractivity contribution in [1.82, 2.24) is 55.2 Å². The van der Waals surface area contributed by atoms with Gasteiger partial charge in [-0.25, -0.2) is 19.9 Å². The monoisotopic (exact) mass is 980 g/mol. The summed E-state index contributed by atoms with van der Waals surface area (Å²) in [7, 11) is 0. The summed E-state index contributed by atoms with van der Waals surface area (Å²) in [6, 6.07) is 17.1. The SMILES string of the molecule is CC(=O)O.CCN(C(C)C)C(C)C.Cc1cnc(Cl)nc1Cl.Cc1cnc(Nc2ccc3nc[nH]c3c2)nc1Nc1cc(C2CCC2)[nH]n1.Nc1cc(C2CCC2)[nH]n1.Nc1ccc2c(c1)CC=N2. The number of aromatic amines is 3. The van der Waals surface area contributed by atoms with E-state index >= 15 is 0 Å². The Bertz CT molecular complexity index is 2710. The molecule has 2 aliphatic carbocycles. The van der Waals surface area contributed by atoms with E-state index in [2.05, 4.69) is 112 Å². The molecule has 10 rings (SSSR count). The van der Waals surface area contributed by atoms with Crippen LogP contribution < -0.4 is 22.1 Å². The van der Waals surface area contributed by atoms with Crippen LogP contribution in [0.5, 0.6) is 0 Å². The summed E-state index contributed by atoms with van der Waals surface area (Å²) < 4.78 is 0. The lowest BCUT2D eigenvalue weighted by molar-refractivity contribution is -0.134. The Hall–Kier alpha value is -6.63. The minimum absolute atomic E-state index is 0.186. The Morgan fingerprint density at radius 2 is 1.49 bits per heavy atom. The fourth-order valence-corrected chi connectivity index (χ4v) is 7.67. The van der Waals surface area contributed by atoms with Crippen molar-refractivity contribution >= 4 is 86.9 Å². The molecule has 2 saturated carbocycles. The van der Waals surface area contributed by atoms with Crippen LogP contribution in [0.15, 0.2) is 72.2 Å². The number of imidazole rings is 1. The number of carbonyl (C=O) groups is 1. The number of nitrogen functional groups attached to an aromatic ring is 2. The number of nitrogens with one attached hydrogen (secondary N) is 5. The topological polar surface area (TPSA) is 267 Å². The van der Waals surface area contributed by atoms with E-state index < -0.39 is 5.97 Å². The highest BCUT2D eigenvalue weighted by molar-refractivity contribution is 6.32. The van der Waals surface area contributed by atoms with E-state index in [0.717, 1.165) is 70.7 Å². The number of aromatic nitrogens is 10. The number of carboxylic acids is 1. The Labute approximate surface area is 414 Å². The molecular formula is C49H66Cl2N16O2. The van der Waals surface area contributed by atoms with Crippen LogP contribution in [0.2, 0.25) is 10.4 Å². The van der Waals surface area contributed by atoms with Gasteiger partial charge in [0.2, 0.25) is 11.2 Å². The fraction of sp³-hybridized carbons (Fsp3) is 0.408. The highest BCUT2D eigenvalue weighted by Gasteiger charge is 2.22. The summed E-state index contributed by atoms with van der Waals surface area (Å²) in [6.07, 6.45) is 15.6. The molecule has 0 atom stereocenters. The third-order valence-corrected chi connectivity index (χ3v) is 12.0. The van der Waals surface area contributed by atoms with Gasteiger partial charge in [-0.1, -0.05) is 31.4 Å². The summed E-state index contributed by atoms with van der Waals surface area (Å²) in [5.74, 6) is 3.16. The molecule has 368 valence electrons. The van der Waals surface area contributed by atoms with Crippen molar-refractivity contribution in [3.05, 3.63) is 106 Å². The van der Waals surface area contributed by atoms with Crippen molar-refractivity contribution in [2.24, 2.45) is 4.99 Å². The molecule has 6 heterocycles. The minimum atomic E-state index is -0.833. The van der Waals surface area contributed by atoms with Gasteiger partial charge in [0.05, 0.1) is 23.0 Å². The summed E-state index contributed by atoms with van der Waals surface area (Å²) in [4.78, 5) is 39.3. The molecular weight excluding hydrogens is 916 g/mol. The van der Waals surface area contributed by atoms with Crippen LogP contribution in [0.25, 0.3) is 11.0 Å². The lowest BCUT2D eigenvalue weighted by Crippen LogP contribution is -2.36. The quantitative estimate of drug-likeness (QED) is 0.0380. The zero-order chi connectivity index (χ0) is 50.0. The van der Waals surface area contributed by atoms with E-state index in [4.69, 9.17) is 44.6 Å². The average molecular weight is 982 g/mol. The van der Waals surface area contributed by atoms with Gasteiger partial charge in [-0.15, -0.1) is 0 Å². The first-order chi connectivity index (χ1) is 33.0. The van der Waals surface area contributed by atoms with Crippen molar-refractivity contribution in [2.45, 2.75) is 124 Å². The smallest absolute Gasteiger partial charge is 0.300 e. The number of carboxylic acid groups (broad SMARTS) is 1. The largest absolute Gasteiger partial charge is 0.481 e. The predicted octanol–water partition coefficient (Wildman–Crippen LogP) is 11.2. The highest BCUT2D eigenvalue weighted by atomic mass is 35.5. The maximum absolute atomic E-state index is 9.00. The number of fused-ring (bicyclic) bond motifs is 2. The molecule has 0 amide bonds. The first-order valence-corrected chi connectivity index (χ1v) is 23.9. The van der Waals surface area contributed by atoms with Crippen molar-refractivity contribution < 1.29 is 9.90 Å². The van der Waals surface area contributed by atoms with E-state index in [0.29, 0.717) is 40.8 Å². The predicted molar refractivity (Wildman–Crippen MR) is 280 cm³/mol. The number of nitrogens with two attached hydrogens (primary N) is 2. The normalized spacial score (nSPS) is 13.5. The number of H-pyrrole nitrogens is 3. The zero-order valence-corrected chi connectivity index (χ0v) is 42.2. The zero-order valence-electron chi connectivity index (χ0n) is 40.7. The maximum atomic E-state index is 9.00. The minimum Gasteiger partial charge on any atom is -0.481 e. The van der Waals surface area contributed by atoms with Gasteiger partial charge in [-0.05, 0) is 127 Å². The van der Waals surface area contributed by atoms with Gasteiger partial charge in [-0.3, -0.25) is 24.9 Å². The van der Waals surface area contributed by atoms with E-state index in [9.17, 15) is 0 Å². The Kier molecular flexibility index (Phi) is 20.3. The van der Waals surface area contributed by atoms with Crippen molar-refractivity contribution in [3.8, 4) is 0 Å². The molecule has 3 aliphatic rings. The van der Waals surface area contributed by atoms with E-state index in [1.165, 1.54) is 55.5 Å². The van der Waals surface area contributed by atoms with E-state index in [1.54, 1.807) is 18.7 Å². The fourth-order valence-electron chi connectivity index (χ4n) is 7.37. The maximum Gasteiger partial charge on any atom is 0.300 e. The van der Waals surface area contributed by atoms with Crippen LogP contribution in [0.1, 0.15) is 120 Å². The van der Waals surface area contributed by atoms with E-state index in [-0.39, 0.29) is 5.28 Å². The second-order valence-corrected chi connectivity index (χ2v) is 18.1. The van der Waals surface area contributed by atoms with Gasteiger partial charge in [0.15, 0.2) is 5.82 Å². The number of nitrogens with zero attached hydrogens (tertiary/aromatic N) is 9. The Morgan fingerprint density at radius 1 is 0.841 bits per heavy atom. The average Bonchev–Trinajstić information content (AvgIpc) is 4.09. The van der Waals surface area contributed by atoms with Crippen LogP contribution >= 0.6 is 23.2 Å². The Balaban J connectivity index is 0.000000175. The van der Waals surface area contributed by atoms with E-state index in [1.807, 2.05) is 62.5 Å². The van der Waals surface area contributed by atoms with Gasteiger partial charge < -0.3 is 32.2 Å². The molecule has 0 unspecified atom stereocenters. The van der Waals surface area contributed by atoms with Gasteiger partial charge in [0.1, 0.15) is 16.8 Å². The molecule has 20 heteroatoms.